The third-order valence-electron chi connectivity index (χ3n) is 2.44. The number of carbonyl (C=O) groups excluding carboxylic acids is 2. The van der Waals surface area contributed by atoms with E-state index in [4.69, 9.17) is 0 Å². The quantitative estimate of drug-likeness (QED) is 0.467. The van der Waals surface area contributed by atoms with E-state index in [9.17, 15) is 32.9 Å². The second kappa shape index (κ2) is 7.92. The standard InChI is InChI=1S/C13H12F3N3O4/c14-13(15,16)8-18-12(21)7-17-11(20)6-3-9-1-4-10(5-2-9)19(22)23/h1-6H,7-8H2,(H,17,20)(H,18,21)/b6-3+. The lowest BCUT2D eigenvalue weighted by Gasteiger charge is -2.08. The van der Waals surface area contributed by atoms with Crippen molar-refractivity contribution in [1.29, 1.82) is 0 Å². The van der Waals surface area contributed by atoms with E-state index in [1.54, 1.807) is 5.32 Å². The van der Waals surface area contributed by atoms with Crippen molar-refractivity contribution >= 4 is 23.6 Å². The van der Waals surface area contributed by atoms with Crippen molar-refractivity contribution < 1.29 is 27.7 Å². The molecule has 0 heterocycles. The predicted octanol–water partition coefficient (Wildman–Crippen LogP) is 1.40. The van der Waals surface area contributed by atoms with Gasteiger partial charge in [0.15, 0.2) is 0 Å². The number of non-ortho nitro benzene ring substituents is 1. The van der Waals surface area contributed by atoms with Crippen molar-refractivity contribution in [3.63, 3.8) is 0 Å². The summed E-state index contributed by atoms with van der Waals surface area (Å²) in [7, 11) is 0. The van der Waals surface area contributed by atoms with Crippen LogP contribution in [0.4, 0.5) is 18.9 Å². The number of rotatable bonds is 6. The summed E-state index contributed by atoms with van der Waals surface area (Å²) in [6.45, 7) is -2.07. The molecule has 2 N–H and O–H groups in total. The van der Waals surface area contributed by atoms with Crippen molar-refractivity contribution in [3.05, 3.63) is 46.0 Å². The molecule has 0 bridgehead atoms. The Bertz CT molecular complexity index is 612. The summed E-state index contributed by atoms with van der Waals surface area (Å²) >= 11 is 0. The summed E-state index contributed by atoms with van der Waals surface area (Å²) in [5, 5.41) is 14.2. The molecule has 1 rings (SSSR count). The van der Waals surface area contributed by atoms with Crippen molar-refractivity contribution in [2.24, 2.45) is 0 Å². The van der Waals surface area contributed by atoms with Gasteiger partial charge in [-0.3, -0.25) is 19.7 Å². The van der Waals surface area contributed by atoms with Crippen molar-refractivity contribution in [1.82, 2.24) is 10.6 Å². The minimum absolute atomic E-state index is 0.104. The molecular formula is C13H12F3N3O4. The summed E-state index contributed by atoms with van der Waals surface area (Å²) < 4.78 is 35.5. The Hall–Kier alpha value is -2.91. The van der Waals surface area contributed by atoms with Gasteiger partial charge in [0, 0.05) is 18.2 Å². The molecule has 0 saturated heterocycles. The first kappa shape index (κ1) is 18.1. The summed E-state index contributed by atoms with van der Waals surface area (Å²) in [5.74, 6) is -1.66. The SMILES string of the molecule is O=C(/C=C/c1ccc([N+](=O)[O-])cc1)NCC(=O)NCC(F)(F)F. The van der Waals surface area contributed by atoms with Gasteiger partial charge in [-0.2, -0.15) is 13.2 Å². The zero-order chi connectivity index (χ0) is 17.5. The van der Waals surface area contributed by atoms with Gasteiger partial charge in [-0.15, -0.1) is 0 Å². The van der Waals surface area contributed by atoms with E-state index >= 15 is 0 Å². The highest BCUT2D eigenvalue weighted by molar-refractivity contribution is 5.94. The highest BCUT2D eigenvalue weighted by atomic mass is 19.4. The van der Waals surface area contributed by atoms with Crippen LogP contribution in [-0.2, 0) is 9.59 Å². The van der Waals surface area contributed by atoms with Gasteiger partial charge in [0.25, 0.3) is 5.69 Å². The molecule has 0 atom stereocenters. The molecule has 0 fully saturated rings. The van der Waals surface area contributed by atoms with Gasteiger partial charge in [-0.25, -0.2) is 0 Å². The number of alkyl halides is 3. The first-order valence-electron chi connectivity index (χ1n) is 6.21. The van der Waals surface area contributed by atoms with E-state index in [0.29, 0.717) is 5.56 Å². The van der Waals surface area contributed by atoms with Gasteiger partial charge in [0.1, 0.15) is 6.54 Å². The fourth-order valence-electron chi connectivity index (χ4n) is 1.37. The minimum atomic E-state index is -4.52. The van der Waals surface area contributed by atoms with Crippen LogP contribution in [0.2, 0.25) is 0 Å². The first-order valence-corrected chi connectivity index (χ1v) is 6.21. The van der Waals surface area contributed by atoms with Crippen LogP contribution in [0, 0.1) is 10.1 Å². The third-order valence-corrected chi connectivity index (χ3v) is 2.44. The smallest absolute Gasteiger partial charge is 0.345 e. The van der Waals surface area contributed by atoms with Gasteiger partial charge in [-0.05, 0) is 23.8 Å². The molecule has 2 amide bonds. The molecule has 0 unspecified atom stereocenters. The Morgan fingerprint density at radius 2 is 1.78 bits per heavy atom. The molecule has 0 aliphatic carbocycles. The molecule has 0 aliphatic rings. The lowest BCUT2D eigenvalue weighted by molar-refractivity contribution is -0.384. The second-order valence-corrected chi connectivity index (χ2v) is 4.29. The molecule has 1 aromatic carbocycles. The summed E-state index contributed by atoms with van der Waals surface area (Å²) in [4.78, 5) is 32.3. The van der Waals surface area contributed by atoms with Gasteiger partial charge in [-0.1, -0.05) is 0 Å². The van der Waals surface area contributed by atoms with E-state index < -0.39 is 36.0 Å². The maximum Gasteiger partial charge on any atom is 0.405 e. The van der Waals surface area contributed by atoms with Crippen molar-refractivity contribution in [3.8, 4) is 0 Å². The molecule has 0 saturated carbocycles. The lowest BCUT2D eigenvalue weighted by Crippen LogP contribution is -2.40. The zero-order valence-corrected chi connectivity index (χ0v) is 11.6. The van der Waals surface area contributed by atoms with E-state index in [1.807, 2.05) is 0 Å². The zero-order valence-electron chi connectivity index (χ0n) is 11.6. The van der Waals surface area contributed by atoms with Crippen LogP contribution in [0.25, 0.3) is 6.08 Å². The van der Waals surface area contributed by atoms with Crippen LogP contribution in [0.15, 0.2) is 30.3 Å². The van der Waals surface area contributed by atoms with Gasteiger partial charge in [0.2, 0.25) is 11.8 Å². The van der Waals surface area contributed by atoms with Crippen LogP contribution in [-0.4, -0.2) is 36.0 Å². The van der Waals surface area contributed by atoms with Crippen LogP contribution < -0.4 is 10.6 Å². The monoisotopic (exact) mass is 331 g/mol. The van der Waals surface area contributed by atoms with E-state index in [1.165, 1.54) is 30.3 Å². The number of amides is 2. The summed E-state index contributed by atoms with van der Waals surface area (Å²) in [6.07, 6.45) is -2.12. The first-order chi connectivity index (χ1) is 10.7. The highest BCUT2D eigenvalue weighted by Crippen LogP contribution is 2.13. The van der Waals surface area contributed by atoms with Gasteiger partial charge in [0.05, 0.1) is 11.5 Å². The molecular weight excluding hydrogens is 319 g/mol. The number of nitro benzene ring substituents is 1. The van der Waals surface area contributed by atoms with Crippen molar-refractivity contribution in [2.45, 2.75) is 6.18 Å². The van der Waals surface area contributed by atoms with Gasteiger partial charge < -0.3 is 10.6 Å². The number of benzene rings is 1. The fraction of sp³-hybridized carbons (Fsp3) is 0.231. The van der Waals surface area contributed by atoms with Crippen molar-refractivity contribution in [2.75, 3.05) is 13.1 Å². The summed E-state index contributed by atoms with van der Waals surface area (Å²) in [5.41, 5.74) is 0.403. The fourth-order valence-corrected chi connectivity index (χ4v) is 1.37. The molecule has 0 aromatic heterocycles. The highest BCUT2D eigenvalue weighted by Gasteiger charge is 2.27. The molecule has 0 radical (unpaired) electrons. The number of nitrogens with one attached hydrogen (secondary N) is 2. The number of nitro groups is 1. The molecule has 7 nitrogen and oxygen atoms in total. The largest absolute Gasteiger partial charge is 0.405 e. The predicted molar refractivity (Wildman–Crippen MR) is 74.2 cm³/mol. The number of hydrogen-bond acceptors (Lipinski definition) is 4. The number of carbonyl (C=O) groups is 2. The topological polar surface area (TPSA) is 101 Å². The Morgan fingerprint density at radius 3 is 2.30 bits per heavy atom. The van der Waals surface area contributed by atoms with E-state index in [-0.39, 0.29) is 5.69 Å². The Labute approximate surface area is 128 Å². The van der Waals surface area contributed by atoms with Gasteiger partial charge >= 0.3 is 6.18 Å². The minimum Gasteiger partial charge on any atom is -0.345 e. The number of nitrogens with zero attached hydrogens (tertiary/aromatic N) is 1. The van der Waals surface area contributed by atoms with Crippen LogP contribution in [0.5, 0.6) is 0 Å². The Balaban J connectivity index is 2.41. The summed E-state index contributed by atoms with van der Waals surface area (Å²) in [6, 6.07) is 5.33. The molecule has 1 aromatic rings. The van der Waals surface area contributed by atoms with E-state index in [0.717, 1.165) is 6.08 Å². The lowest BCUT2D eigenvalue weighted by atomic mass is 10.2. The van der Waals surface area contributed by atoms with Crippen LogP contribution in [0.1, 0.15) is 5.56 Å². The Kier molecular flexibility index (Phi) is 6.24. The maximum atomic E-state index is 11.8. The Morgan fingerprint density at radius 1 is 1.17 bits per heavy atom. The van der Waals surface area contributed by atoms with E-state index in [2.05, 4.69) is 5.32 Å². The average Bonchev–Trinajstić information content (AvgIpc) is 2.48. The molecule has 10 heteroatoms. The third kappa shape index (κ3) is 7.60. The molecule has 0 aliphatic heterocycles. The second-order valence-electron chi connectivity index (χ2n) is 4.29. The normalized spacial score (nSPS) is 11.3. The number of hydrogen-bond donors (Lipinski definition) is 2. The number of halogens is 3. The maximum absolute atomic E-state index is 11.8. The van der Waals surface area contributed by atoms with Crippen LogP contribution in [0.3, 0.4) is 0 Å². The molecule has 23 heavy (non-hydrogen) atoms. The molecule has 124 valence electrons. The average molecular weight is 331 g/mol. The van der Waals surface area contributed by atoms with Crippen LogP contribution >= 0.6 is 0 Å². The molecule has 0 spiro atoms.